The zero-order valence-electron chi connectivity index (χ0n) is 11.0. The molecule has 0 bridgehead atoms. The summed E-state index contributed by atoms with van der Waals surface area (Å²) in [7, 11) is 2.14. The highest BCUT2D eigenvalue weighted by Gasteiger charge is 2.17. The van der Waals surface area contributed by atoms with Crippen LogP contribution in [0.4, 0.5) is 0 Å². The van der Waals surface area contributed by atoms with Crippen LogP contribution in [0, 0.1) is 0 Å². The molecule has 0 amide bonds. The molecule has 0 radical (unpaired) electrons. The highest BCUT2D eigenvalue weighted by atomic mass is 16.5. The van der Waals surface area contributed by atoms with Gasteiger partial charge in [-0.3, -0.25) is 4.90 Å². The van der Waals surface area contributed by atoms with E-state index in [0.29, 0.717) is 12.1 Å². The Labute approximate surface area is 99.8 Å². The van der Waals surface area contributed by atoms with E-state index < -0.39 is 0 Å². The van der Waals surface area contributed by atoms with Crippen LogP contribution < -0.4 is 5.32 Å². The summed E-state index contributed by atoms with van der Waals surface area (Å²) >= 11 is 0. The summed E-state index contributed by atoms with van der Waals surface area (Å²) in [6.45, 7) is 12.2. The van der Waals surface area contributed by atoms with E-state index >= 15 is 0 Å². The van der Waals surface area contributed by atoms with E-state index in [4.69, 9.17) is 4.74 Å². The van der Waals surface area contributed by atoms with Gasteiger partial charge < -0.3 is 10.1 Å². The Hall–Kier alpha value is -0.380. The van der Waals surface area contributed by atoms with Crippen molar-refractivity contribution in [1.82, 2.24) is 10.2 Å². The Morgan fingerprint density at radius 3 is 2.88 bits per heavy atom. The maximum atomic E-state index is 5.62. The molecule has 1 rings (SSSR count). The normalized spacial score (nSPS) is 20.9. The van der Waals surface area contributed by atoms with E-state index in [-0.39, 0.29) is 0 Å². The Morgan fingerprint density at radius 1 is 1.56 bits per heavy atom. The van der Waals surface area contributed by atoms with Gasteiger partial charge in [0.15, 0.2) is 0 Å². The molecule has 1 fully saturated rings. The second-order valence-electron chi connectivity index (χ2n) is 5.12. The highest BCUT2D eigenvalue weighted by Crippen LogP contribution is 2.12. The summed E-state index contributed by atoms with van der Waals surface area (Å²) in [5, 5.41) is 3.39. The largest absolute Gasteiger partial charge is 0.377 e. The van der Waals surface area contributed by atoms with Crippen LogP contribution in [0.25, 0.3) is 0 Å². The fourth-order valence-electron chi connectivity index (χ4n) is 1.99. The summed E-state index contributed by atoms with van der Waals surface area (Å²) < 4.78 is 5.62. The van der Waals surface area contributed by atoms with Crippen LogP contribution >= 0.6 is 0 Å². The van der Waals surface area contributed by atoms with Gasteiger partial charge in [-0.2, -0.15) is 0 Å². The first-order chi connectivity index (χ1) is 7.58. The van der Waals surface area contributed by atoms with Crippen molar-refractivity contribution < 1.29 is 4.74 Å². The molecule has 1 atom stereocenters. The fourth-order valence-corrected chi connectivity index (χ4v) is 1.99. The maximum absolute atomic E-state index is 5.62. The van der Waals surface area contributed by atoms with Crippen LogP contribution in [0.2, 0.25) is 0 Å². The molecule has 0 aromatic heterocycles. The molecule has 16 heavy (non-hydrogen) atoms. The Morgan fingerprint density at radius 2 is 2.31 bits per heavy atom. The summed E-state index contributed by atoms with van der Waals surface area (Å²) in [6.07, 6.45) is 2.87. The van der Waals surface area contributed by atoms with Crippen LogP contribution in [0.3, 0.4) is 0 Å². The molecule has 0 saturated carbocycles. The lowest BCUT2D eigenvalue weighted by Gasteiger charge is -2.22. The van der Waals surface area contributed by atoms with E-state index in [2.05, 4.69) is 37.7 Å². The monoisotopic (exact) mass is 226 g/mol. The number of hydrogen-bond donors (Lipinski definition) is 1. The second-order valence-corrected chi connectivity index (χ2v) is 5.12. The van der Waals surface area contributed by atoms with Crippen molar-refractivity contribution in [3.63, 3.8) is 0 Å². The summed E-state index contributed by atoms with van der Waals surface area (Å²) in [5.74, 6) is 0. The smallest absolute Gasteiger partial charge is 0.0702 e. The zero-order chi connectivity index (χ0) is 12.0. The molecule has 3 nitrogen and oxygen atoms in total. The molecule has 1 saturated heterocycles. The van der Waals surface area contributed by atoms with Crippen molar-refractivity contribution in [3.8, 4) is 0 Å². The van der Waals surface area contributed by atoms with Crippen LogP contribution in [0.1, 0.15) is 26.7 Å². The first-order valence-corrected chi connectivity index (χ1v) is 6.28. The third-order valence-electron chi connectivity index (χ3n) is 2.79. The molecule has 1 heterocycles. The molecule has 0 aromatic carbocycles. The molecule has 3 heteroatoms. The van der Waals surface area contributed by atoms with Gasteiger partial charge in [0.2, 0.25) is 0 Å². The average Bonchev–Trinajstić information content (AvgIpc) is 2.67. The van der Waals surface area contributed by atoms with Crippen LogP contribution in [-0.4, -0.2) is 50.3 Å². The number of hydrogen-bond acceptors (Lipinski definition) is 3. The third kappa shape index (κ3) is 5.64. The van der Waals surface area contributed by atoms with Crippen molar-refractivity contribution in [3.05, 3.63) is 12.2 Å². The van der Waals surface area contributed by atoms with E-state index in [9.17, 15) is 0 Å². The predicted molar refractivity (Wildman–Crippen MR) is 68.7 cm³/mol. The summed E-state index contributed by atoms with van der Waals surface area (Å²) in [4.78, 5) is 2.31. The van der Waals surface area contributed by atoms with E-state index in [1.54, 1.807) is 0 Å². The number of rotatable bonds is 7. The predicted octanol–water partition coefficient (Wildman–Crippen LogP) is 1.65. The molecule has 0 spiro atoms. The zero-order valence-corrected chi connectivity index (χ0v) is 11.0. The minimum atomic E-state index is 0.441. The number of nitrogens with one attached hydrogen (secondary N) is 1. The van der Waals surface area contributed by atoms with Crippen LogP contribution in [0.15, 0.2) is 12.2 Å². The quantitative estimate of drug-likeness (QED) is 0.668. The molecular weight excluding hydrogens is 200 g/mol. The van der Waals surface area contributed by atoms with Gasteiger partial charge in [-0.15, -0.1) is 0 Å². The highest BCUT2D eigenvalue weighted by molar-refractivity contribution is 4.99. The van der Waals surface area contributed by atoms with Gasteiger partial charge in [-0.05, 0) is 25.5 Å². The molecule has 1 aliphatic rings. The van der Waals surface area contributed by atoms with Gasteiger partial charge >= 0.3 is 0 Å². The molecule has 1 unspecified atom stereocenters. The number of likely N-dealkylation sites (N-methyl/N-ethyl adjacent to an activating group) is 1. The van der Waals surface area contributed by atoms with Gasteiger partial charge in [0.1, 0.15) is 0 Å². The third-order valence-corrected chi connectivity index (χ3v) is 2.79. The van der Waals surface area contributed by atoms with Gasteiger partial charge in [0.25, 0.3) is 0 Å². The van der Waals surface area contributed by atoms with Gasteiger partial charge in [0.05, 0.1) is 6.10 Å². The fraction of sp³-hybridized carbons (Fsp3) is 0.846. The lowest BCUT2D eigenvalue weighted by molar-refractivity contribution is 0.0836. The first-order valence-electron chi connectivity index (χ1n) is 6.28. The molecule has 1 N–H and O–H groups in total. The van der Waals surface area contributed by atoms with Crippen molar-refractivity contribution in [2.75, 3.05) is 33.3 Å². The first kappa shape index (κ1) is 13.7. The van der Waals surface area contributed by atoms with E-state index in [1.807, 2.05) is 0 Å². The second kappa shape index (κ2) is 7.05. The Kier molecular flexibility index (Phi) is 6.03. The number of ether oxygens (including phenoxy) is 1. The maximum Gasteiger partial charge on any atom is 0.0702 e. The summed E-state index contributed by atoms with van der Waals surface area (Å²) in [6, 6.07) is 0.528. The van der Waals surface area contributed by atoms with Crippen molar-refractivity contribution in [2.24, 2.45) is 0 Å². The van der Waals surface area contributed by atoms with Gasteiger partial charge in [0, 0.05) is 32.3 Å². The van der Waals surface area contributed by atoms with Crippen LogP contribution in [-0.2, 0) is 4.74 Å². The van der Waals surface area contributed by atoms with E-state index in [1.165, 1.54) is 18.4 Å². The SMILES string of the molecule is C=C(CNC(C)C)CN(C)CC1CCCO1. The molecular formula is C13H26N2O. The lowest BCUT2D eigenvalue weighted by Crippen LogP contribution is -2.33. The van der Waals surface area contributed by atoms with E-state index in [0.717, 1.165) is 26.2 Å². The van der Waals surface area contributed by atoms with Gasteiger partial charge in [-0.1, -0.05) is 20.4 Å². The van der Waals surface area contributed by atoms with Crippen molar-refractivity contribution in [1.29, 1.82) is 0 Å². The van der Waals surface area contributed by atoms with Gasteiger partial charge in [-0.25, -0.2) is 0 Å². The molecule has 94 valence electrons. The van der Waals surface area contributed by atoms with Crippen molar-refractivity contribution >= 4 is 0 Å². The standard InChI is InChI=1S/C13H26N2O/c1-11(2)14-8-12(3)9-15(4)10-13-6-5-7-16-13/h11,13-14H,3,5-10H2,1-2,4H3. The average molecular weight is 226 g/mol. The Bertz CT molecular complexity index is 210. The summed E-state index contributed by atoms with van der Waals surface area (Å²) in [5.41, 5.74) is 1.24. The Balaban J connectivity index is 2.12. The molecule has 0 aliphatic carbocycles. The lowest BCUT2D eigenvalue weighted by atomic mass is 10.2. The van der Waals surface area contributed by atoms with Crippen LogP contribution in [0.5, 0.6) is 0 Å². The molecule has 0 aromatic rings. The molecule has 1 aliphatic heterocycles. The number of nitrogens with zero attached hydrogens (tertiary/aromatic N) is 1. The minimum Gasteiger partial charge on any atom is -0.377 e. The topological polar surface area (TPSA) is 24.5 Å². The minimum absolute atomic E-state index is 0.441. The van der Waals surface area contributed by atoms with Crippen molar-refractivity contribution in [2.45, 2.75) is 38.8 Å².